The molecule has 0 bridgehead atoms. The molecule has 172 valence electrons. The maximum absolute atomic E-state index is 14.2. The number of benzene rings is 2. The predicted molar refractivity (Wildman–Crippen MR) is 110 cm³/mol. The number of piperidine rings is 1. The van der Waals surface area contributed by atoms with E-state index in [0.717, 1.165) is 12.1 Å². The van der Waals surface area contributed by atoms with Gasteiger partial charge in [0.05, 0.1) is 17.5 Å². The van der Waals surface area contributed by atoms with Gasteiger partial charge < -0.3 is 14.5 Å². The van der Waals surface area contributed by atoms with Gasteiger partial charge in [0.1, 0.15) is 17.2 Å². The minimum absolute atomic E-state index is 0.0296. The fourth-order valence-electron chi connectivity index (χ4n) is 3.47. The van der Waals surface area contributed by atoms with Crippen LogP contribution in [-0.4, -0.2) is 33.8 Å². The van der Waals surface area contributed by atoms with Crippen LogP contribution in [-0.2, 0) is 16.2 Å². The van der Waals surface area contributed by atoms with Gasteiger partial charge in [-0.1, -0.05) is 12.1 Å². The summed E-state index contributed by atoms with van der Waals surface area (Å²) in [6, 6.07) is 7.74. The highest BCUT2D eigenvalue weighted by Gasteiger charge is 2.39. The second-order valence-corrected chi connectivity index (χ2v) is 9.46. The Morgan fingerprint density at radius 2 is 1.94 bits per heavy atom. The third-order valence-corrected chi connectivity index (χ3v) is 7.30. The normalized spacial score (nSPS) is 19.8. The fraction of sp³-hybridized carbons (Fsp3) is 0.300. The molecule has 1 fully saturated rings. The van der Waals surface area contributed by atoms with Crippen molar-refractivity contribution in [3.63, 3.8) is 0 Å². The fourth-order valence-corrected chi connectivity index (χ4v) is 5.05. The lowest BCUT2D eigenvalue weighted by atomic mass is 10.1. The predicted octanol–water partition coefficient (Wildman–Crippen LogP) is 4.88. The van der Waals surface area contributed by atoms with E-state index in [1.165, 1.54) is 30.5 Å². The number of hydrogen-bond donors (Lipinski definition) is 1. The van der Waals surface area contributed by atoms with Gasteiger partial charge in [0.2, 0.25) is 0 Å². The summed E-state index contributed by atoms with van der Waals surface area (Å²) in [5.41, 5.74) is -1.30. The molecule has 1 aliphatic rings. The summed E-state index contributed by atoms with van der Waals surface area (Å²) in [5.74, 6) is 0.0296. The van der Waals surface area contributed by atoms with Crippen molar-refractivity contribution in [2.45, 2.75) is 29.8 Å². The van der Waals surface area contributed by atoms with Gasteiger partial charge in [-0.25, -0.2) is 4.39 Å². The first-order valence-electron chi connectivity index (χ1n) is 9.49. The Balaban J connectivity index is 1.75. The van der Waals surface area contributed by atoms with E-state index in [4.69, 9.17) is 20.9 Å². The van der Waals surface area contributed by atoms with E-state index in [0.29, 0.717) is 24.4 Å². The Bertz CT molecular complexity index is 1230. The number of fused-ring (bicyclic) bond motifs is 1. The van der Waals surface area contributed by atoms with Crippen LogP contribution in [0.5, 0.6) is 5.75 Å². The van der Waals surface area contributed by atoms with Crippen molar-refractivity contribution in [2.75, 3.05) is 16.9 Å². The largest absolute Gasteiger partial charge is 0.483 e. The van der Waals surface area contributed by atoms with Crippen LogP contribution in [0.15, 0.2) is 58.0 Å². The molecule has 1 aromatic heterocycles. The van der Waals surface area contributed by atoms with Gasteiger partial charge in [0.15, 0.2) is 11.3 Å². The van der Waals surface area contributed by atoms with E-state index in [-0.39, 0.29) is 27.4 Å². The average molecular weight is 493 g/mol. The molecule has 0 spiro atoms. The molecular weight excluding hydrogens is 476 g/mol. The molecule has 1 saturated heterocycles. The molecule has 2 heterocycles. The molecule has 3 aromatic rings. The molecular formula is C20H17ClF4N2O4S. The lowest BCUT2D eigenvalue weighted by molar-refractivity contribution is -0.139. The lowest BCUT2D eigenvalue weighted by Crippen LogP contribution is -2.44. The maximum Gasteiger partial charge on any atom is 0.417 e. The van der Waals surface area contributed by atoms with Crippen LogP contribution in [0.2, 0.25) is 0 Å². The highest BCUT2D eigenvalue weighted by atomic mass is 35.5. The second-order valence-electron chi connectivity index (χ2n) is 7.16. The number of ether oxygens (including phenoxy) is 1. The van der Waals surface area contributed by atoms with Gasteiger partial charge in [-0.15, -0.1) is 0 Å². The third-order valence-electron chi connectivity index (χ3n) is 5.01. The smallest absolute Gasteiger partial charge is 0.417 e. The summed E-state index contributed by atoms with van der Waals surface area (Å²) in [4.78, 5) is -1.00. The minimum atomic E-state index is -4.91. The molecule has 4 rings (SSSR count). The quantitative estimate of drug-likeness (QED) is 0.406. The Morgan fingerprint density at radius 1 is 1.19 bits per heavy atom. The third kappa shape index (κ3) is 4.24. The zero-order chi connectivity index (χ0) is 23.1. The van der Waals surface area contributed by atoms with Crippen LogP contribution < -0.4 is 13.9 Å². The van der Waals surface area contributed by atoms with Gasteiger partial charge in [0, 0.05) is 29.8 Å². The number of nitrogens with zero attached hydrogens (tertiary/aromatic N) is 1. The average Bonchev–Trinajstić information content (AvgIpc) is 3.23. The standard InChI is InChI=1S/C20H17ClF4N2O4S/c21-27(32(28,29)18-4-2-1-3-14(18)20(23,24)25)13-9-12-6-8-30-19(12)17(10-13)31-16-5-7-26-11-15(16)22/h1-4,6,8-10,15-16,26H,5,7,11H2/t15-,16-/m1/s1. The van der Waals surface area contributed by atoms with Crippen molar-refractivity contribution in [3.8, 4) is 5.75 Å². The molecule has 32 heavy (non-hydrogen) atoms. The van der Waals surface area contributed by atoms with Gasteiger partial charge >= 0.3 is 6.18 Å². The van der Waals surface area contributed by atoms with E-state index in [1.807, 2.05) is 0 Å². The van der Waals surface area contributed by atoms with Gasteiger partial charge in [-0.3, -0.25) is 0 Å². The van der Waals surface area contributed by atoms with Crippen molar-refractivity contribution < 1.29 is 35.1 Å². The van der Waals surface area contributed by atoms with Crippen molar-refractivity contribution in [1.82, 2.24) is 5.32 Å². The molecule has 0 unspecified atom stereocenters. The van der Waals surface area contributed by atoms with Crippen molar-refractivity contribution in [2.24, 2.45) is 0 Å². The number of nitrogens with one attached hydrogen (secondary N) is 1. The minimum Gasteiger partial charge on any atom is -0.483 e. The Labute approximate surface area is 185 Å². The van der Waals surface area contributed by atoms with Crippen LogP contribution in [0.25, 0.3) is 11.0 Å². The molecule has 2 aromatic carbocycles. The Morgan fingerprint density at radius 3 is 2.66 bits per heavy atom. The van der Waals surface area contributed by atoms with Crippen LogP contribution in [0.3, 0.4) is 0 Å². The van der Waals surface area contributed by atoms with E-state index < -0.39 is 38.9 Å². The number of halogens is 5. The molecule has 1 N–H and O–H groups in total. The van der Waals surface area contributed by atoms with Crippen LogP contribution in [0, 0.1) is 0 Å². The summed E-state index contributed by atoms with van der Waals surface area (Å²) in [7, 11) is -4.81. The van der Waals surface area contributed by atoms with Crippen LogP contribution >= 0.6 is 11.8 Å². The number of anilines is 1. The lowest BCUT2D eigenvalue weighted by Gasteiger charge is -2.27. The maximum atomic E-state index is 14.2. The summed E-state index contributed by atoms with van der Waals surface area (Å²) in [6.45, 7) is 0.617. The topological polar surface area (TPSA) is 71.8 Å². The van der Waals surface area contributed by atoms with Crippen LogP contribution in [0.1, 0.15) is 12.0 Å². The molecule has 0 amide bonds. The summed E-state index contributed by atoms with van der Waals surface area (Å²) < 4.78 is 91.7. The van der Waals surface area contributed by atoms with Gasteiger partial charge in [-0.2, -0.15) is 25.4 Å². The number of furan rings is 1. The second kappa shape index (κ2) is 8.45. The molecule has 0 radical (unpaired) electrons. The molecule has 1 aliphatic heterocycles. The van der Waals surface area contributed by atoms with Crippen LogP contribution in [0.4, 0.5) is 23.2 Å². The van der Waals surface area contributed by atoms with E-state index in [2.05, 4.69) is 5.32 Å². The number of rotatable bonds is 5. The molecule has 0 saturated carbocycles. The molecule has 0 aliphatic carbocycles. The van der Waals surface area contributed by atoms with Gasteiger partial charge in [0.25, 0.3) is 10.0 Å². The van der Waals surface area contributed by atoms with Crippen molar-refractivity contribution >= 4 is 38.5 Å². The Kier molecular flexibility index (Phi) is 5.99. The summed E-state index contributed by atoms with van der Waals surface area (Å²) in [6.07, 6.45) is -5.36. The first-order chi connectivity index (χ1) is 15.1. The zero-order valence-corrected chi connectivity index (χ0v) is 17.8. The zero-order valence-electron chi connectivity index (χ0n) is 16.3. The SMILES string of the molecule is O=S(=O)(c1ccccc1C(F)(F)F)N(Cl)c1cc(O[C@@H]2CCNC[C@H]2F)c2occc2c1. The van der Waals surface area contributed by atoms with E-state index in [9.17, 15) is 26.0 Å². The molecule has 12 heteroatoms. The highest BCUT2D eigenvalue weighted by molar-refractivity contribution is 7.94. The highest BCUT2D eigenvalue weighted by Crippen LogP contribution is 2.40. The first kappa shape index (κ1) is 22.7. The van der Waals surface area contributed by atoms with Gasteiger partial charge in [-0.05, 0) is 37.2 Å². The number of alkyl halides is 4. The van der Waals surface area contributed by atoms with Crippen molar-refractivity contribution in [1.29, 1.82) is 0 Å². The molecule has 2 atom stereocenters. The monoisotopic (exact) mass is 492 g/mol. The van der Waals surface area contributed by atoms with E-state index >= 15 is 0 Å². The molecule has 6 nitrogen and oxygen atoms in total. The van der Waals surface area contributed by atoms with Crippen molar-refractivity contribution in [3.05, 3.63) is 54.3 Å². The number of hydrogen-bond acceptors (Lipinski definition) is 5. The number of sulfonamides is 1. The Hall–Kier alpha value is -2.50. The summed E-state index contributed by atoms with van der Waals surface area (Å²) >= 11 is 6.07. The van der Waals surface area contributed by atoms with E-state index in [1.54, 1.807) is 0 Å². The summed E-state index contributed by atoms with van der Waals surface area (Å²) in [5, 5.41) is 3.27. The first-order valence-corrected chi connectivity index (χ1v) is 11.3.